The number of hydrogen-bond acceptors (Lipinski definition) is 4. The molecule has 1 fully saturated rings. The normalized spacial score (nSPS) is 16.4. The van der Waals surface area contributed by atoms with Crippen LogP contribution in [0.4, 0.5) is 5.82 Å². The Hall–Kier alpha value is -1.60. The second kappa shape index (κ2) is 6.03. The summed E-state index contributed by atoms with van der Waals surface area (Å²) in [5.41, 5.74) is 8.35. The Morgan fingerprint density at radius 1 is 1.42 bits per heavy atom. The molecule has 1 aromatic rings. The van der Waals surface area contributed by atoms with Crippen LogP contribution < -0.4 is 10.6 Å². The van der Waals surface area contributed by atoms with E-state index in [-0.39, 0.29) is 0 Å². The van der Waals surface area contributed by atoms with Crippen LogP contribution >= 0.6 is 0 Å². The summed E-state index contributed by atoms with van der Waals surface area (Å²) in [5.74, 6) is 1.60. The molecule has 19 heavy (non-hydrogen) atoms. The molecule has 0 saturated carbocycles. The highest BCUT2D eigenvalue weighted by molar-refractivity contribution is 5.58. The van der Waals surface area contributed by atoms with E-state index in [9.17, 15) is 5.26 Å². The average Bonchev–Trinajstić information content (AvgIpc) is 2.39. The van der Waals surface area contributed by atoms with Gasteiger partial charge in [0.25, 0.3) is 0 Å². The molecule has 1 aliphatic heterocycles. The van der Waals surface area contributed by atoms with Gasteiger partial charge < -0.3 is 10.6 Å². The first-order chi connectivity index (χ1) is 9.15. The molecule has 2 heterocycles. The van der Waals surface area contributed by atoms with Gasteiger partial charge in [-0.2, -0.15) is 5.26 Å². The smallest absolute Gasteiger partial charge is 0.147 e. The number of nitriles is 1. The predicted octanol–water partition coefficient (Wildman–Crippen LogP) is 2.14. The molecule has 0 aromatic carbocycles. The fourth-order valence-corrected chi connectivity index (χ4v) is 2.85. The van der Waals surface area contributed by atoms with Crippen molar-refractivity contribution in [3.63, 3.8) is 0 Å². The SMILES string of the molecule is Cc1cc(C)c(C#N)c(N2CCC(CCN)CC2)n1. The van der Waals surface area contributed by atoms with Crippen LogP contribution in [0.5, 0.6) is 0 Å². The number of aryl methyl sites for hydroxylation is 2. The molecule has 2 rings (SSSR count). The van der Waals surface area contributed by atoms with Gasteiger partial charge >= 0.3 is 0 Å². The summed E-state index contributed by atoms with van der Waals surface area (Å²) in [7, 11) is 0. The molecule has 0 unspecified atom stereocenters. The molecule has 0 spiro atoms. The quantitative estimate of drug-likeness (QED) is 0.902. The summed E-state index contributed by atoms with van der Waals surface area (Å²) >= 11 is 0. The summed E-state index contributed by atoms with van der Waals surface area (Å²) in [6.07, 6.45) is 3.41. The van der Waals surface area contributed by atoms with E-state index in [0.717, 1.165) is 67.5 Å². The lowest BCUT2D eigenvalue weighted by Gasteiger charge is -2.33. The Kier molecular flexibility index (Phi) is 4.39. The minimum Gasteiger partial charge on any atom is -0.355 e. The number of pyridine rings is 1. The second-order valence-electron chi connectivity index (χ2n) is 5.40. The second-order valence-corrected chi connectivity index (χ2v) is 5.40. The van der Waals surface area contributed by atoms with E-state index in [1.165, 1.54) is 0 Å². The van der Waals surface area contributed by atoms with Crippen LogP contribution in [-0.4, -0.2) is 24.6 Å². The van der Waals surface area contributed by atoms with Crippen molar-refractivity contribution in [1.82, 2.24) is 4.98 Å². The van der Waals surface area contributed by atoms with Crippen molar-refractivity contribution < 1.29 is 0 Å². The van der Waals surface area contributed by atoms with E-state index in [4.69, 9.17) is 5.73 Å². The van der Waals surface area contributed by atoms with Crippen LogP contribution in [0.15, 0.2) is 6.07 Å². The van der Waals surface area contributed by atoms with Crippen molar-refractivity contribution >= 4 is 5.82 Å². The van der Waals surface area contributed by atoms with E-state index in [2.05, 4.69) is 16.0 Å². The Morgan fingerprint density at radius 3 is 2.68 bits per heavy atom. The first-order valence-electron chi connectivity index (χ1n) is 6.99. The zero-order chi connectivity index (χ0) is 13.8. The highest BCUT2D eigenvalue weighted by Gasteiger charge is 2.22. The zero-order valence-electron chi connectivity index (χ0n) is 11.8. The fraction of sp³-hybridized carbons (Fsp3) is 0.600. The Bertz CT molecular complexity index is 482. The van der Waals surface area contributed by atoms with Crippen LogP contribution in [0.3, 0.4) is 0 Å². The number of aromatic nitrogens is 1. The maximum atomic E-state index is 9.32. The third kappa shape index (κ3) is 3.05. The van der Waals surface area contributed by atoms with Gasteiger partial charge in [0.1, 0.15) is 11.9 Å². The molecule has 0 bridgehead atoms. The van der Waals surface area contributed by atoms with Crippen LogP contribution in [-0.2, 0) is 0 Å². The Labute approximate surface area is 115 Å². The molecule has 102 valence electrons. The molecule has 4 nitrogen and oxygen atoms in total. The molecule has 2 N–H and O–H groups in total. The third-order valence-corrected chi connectivity index (χ3v) is 3.93. The van der Waals surface area contributed by atoms with Crippen molar-refractivity contribution in [2.24, 2.45) is 11.7 Å². The van der Waals surface area contributed by atoms with Crippen molar-refractivity contribution in [3.05, 3.63) is 22.9 Å². The number of hydrogen-bond donors (Lipinski definition) is 1. The molecule has 4 heteroatoms. The lowest BCUT2D eigenvalue weighted by Crippen LogP contribution is -2.35. The predicted molar refractivity (Wildman–Crippen MR) is 77.0 cm³/mol. The van der Waals surface area contributed by atoms with Gasteiger partial charge in [0.2, 0.25) is 0 Å². The lowest BCUT2D eigenvalue weighted by atomic mass is 9.93. The van der Waals surface area contributed by atoms with Crippen molar-refractivity contribution in [3.8, 4) is 6.07 Å². The van der Waals surface area contributed by atoms with Gasteiger partial charge in [0, 0.05) is 18.8 Å². The summed E-state index contributed by atoms with van der Waals surface area (Å²) in [6.45, 7) is 6.71. The zero-order valence-corrected chi connectivity index (χ0v) is 11.8. The van der Waals surface area contributed by atoms with Crippen molar-refractivity contribution in [2.75, 3.05) is 24.5 Å². The maximum absolute atomic E-state index is 9.32. The van der Waals surface area contributed by atoms with E-state index in [1.807, 2.05) is 19.9 Å². The van der Waals surface area contributed by atoms with Crippen molar-refractivity contribution in [1.29, 1.82) is 5.26 Å². The van der Waals surface area contributed by atoms with Crippen LogP contribution in [0.1, 0.15) is 36.1 Å². The van der Waals surface area contributed by atoms with Gasteiger partial charge in [-0.25, -0.2) is 4.98 Å². The van der Waals surface area contributed by atoms with Crippen LogP contribution in [0.25, 0.3) is 0 Å². The molecule has 0 radical (unpaired) electrons. The molecule has 1 aromatic heterocycles. The van der Waals surface area contributed by atoms with Gasteiger partial charge in [0.05, 0.1) is 5.56 Å². The minimum absolute atomic E-state index is 0.725. The van der Waals surface area contributed by atoms with E-state index in [1.54, 1.807) is 0 Å². The summed E-state index contributed by atoms with van der Waals surface area (Å²) in [4.78, 5) is 6.83. The maximum Gasteiger partial charge on any atom is 0.147 e. The molecule has 0 atom stereocenters. The van der Waals surface area contributed by atoms with E-state index < -0.39 is 0 Å². The highest BCUT2D eigenvalue weighted by Crippen LogP contribution is 2.27. The summed E-state index contributed by atoms with van der Waals surface area (Å²) in [5, 5.41) is 9.32. The number of anilines is 1. The molecule has 1 saturated heterocycles. The molecular formula is C15H22N4. The van der Waals surface area contributed by atoms with Gasteiger partial charge in [-0.05, 0) is 57.2 Å². The first kappa shape index (κ1) is 13.8. The summed E-state index contributed by atoms with van der Waals surface area (Å²) < 4.78 is 0. The van der Waals surface area contributed by atoms with E-state index in [0.29, 0.717) is 0 Å². The lowest BCUT2D eigenvalue weighted by molar-refractivity contribution is 0.385. The number of rotatable bonds is 3. The van der Waals surface area contributed by atoms with Gasteiger partial charge in [-0.1, -0.05) is 0 Å². The fourth-order valence-electron chi connectivity index (χ4n) is 2.85. The number of nitrogens with zero attached hydrogens (tertiary/aromatic N) is 3. The average molecular weight is 258 g/mol. The molecular weight excluding hydrogens is 236 g/mol. The topological polar surface area (TPSA) is 65.9 Å². The minimum atomic E-state index is 0.725. The van der Waals surface area contributed by atoms with Crippen LogP contribution in [0, 0.1) is 31.1 Å². The molecule has 1 aliphatic rings. The molecule has 0 amide bonds. The summed E-state index contributed by atoms with van der Waals surface area (Å²) in [6, 6.07) is 4.28. The van der Waals surface area contributed by atoms with Gasteiger partial charge in [0.15, 0.2) is 0 Å². The van der Waals surface area contributed by atoms with Gasteiger partial charge in [-0.3, -0.25) is 0 Å². The molecule has 0 aliphatic carbocycles. The van der Waals surface area contributed by atoms with Crippen molar-refractivity contribution in [2.45, 2.75) is 33.1 Å². The number of nitrogens with two attached hydrogens (primary N) is 1. The Morgan fingerprint density at radius 2 is 2.11 bits per heavy atom. The van der Waals surface area contributed by atoms with Gasteiger partial charge in [-0.15, -0.1) is 0 Å². The first-order valence-corrected chi connectivity index (χ1v) is 6.99. The van der Waals surface area contributed by atoms with Crippen LogP contribution in [0.2, 0.25) is 0 Å². The standard InChI is InChI=1S/C15H22N4/c1-11-9-12(2)18-15(14(11)10-17)19-7-4-13(3-6-16)5-8-19/h9,13H,3-8,16H2,1-2H3. The third-order valence-electron chi connectivity index (χ3n) is 3.93. The monoisotopic (exact) mass is 258 g/mol. The largest absolute Gasteiger partial charge is 0.355 e. The number of piperidine rings is 1. The van der Waals surface area contributed by atoms with E-state index >= 15 is 0 Å². The highest BCUT2D eigenvalue weighted by atomic mass is 15.2. The Balaban J connectivity index is 2.18.